The van der Waals surface area contributed by atoms with E-state index >= 15 is 0 Å². The number of nitrogens with zero attached hydrogens (tertiary/aromatic N) is 4. The number of pyridine rings is 1. The van der Waals surface area contributed by atoms with Gasteiger partial charge < -0.3 is 4.74 Å². The summed E-state index contributed by atoms with van der Waals surface area (Å²) in [6, 6.07) is 36.6. The molecule has 0 saturated carbocycles. The van der Waals surface area contributed by atoms with Gasteiger partial charge in [0.25, 0.3) is 6.33 Å². The molecule has 272 valence electrons. The zero-order chi connectivity index (χ0) is 38.1. The van der Waals surface area contributed by atoms with Gasteiger partial charge in [0.2, 0.25) is 0 Å². The van der Waals surface area contributed by atoms with Crippen molar-refractivity contribution in [2.75, 3.05) is 0 Å². The summed E-state index contributed by atoms with van der Waals surface area (Å²) in [5.74, 6) is 2.43. The van der Waals surface area contributed by atoms with E-state index in [1.54, 1.807) is 0 Å². The summed E-state index contributed by atoms with van der Waals surface area (Å²) < 4.78 is 13.5. The summed E-state index contributed by atoms with van der Waals surface area (Å²) in [5, 5.41) is 2.35. The van der Waals surface area contributed by atoms with Crippen LogP contribution in [0.5, 0.6) is 11.5 Å². The van der Waals surface area contributed by atoms with Gasteiger partial charge in [-0.1, -0.05) is 119 Å². The molecule has 0 aliphatic rings. The van der Waals surface area contributed by atoms with E-state index in [-0.39, 0.29) is 21.7 Å². The number of ether oxygens (including phenoxy) is 1. The van der Waals surface area contributed by atoms with Crippen molar-refractivity contribution in [3.8, 4) is 28.7 Å². The smallest absolute Gasteiger partial charge is 0.269 e. The molecular formula is C48H54N4O. The molecule has 3 heterocycles. The summed E-state index contributed by atoms with van der Waals surface area (Å²) in [5.41, 5.74) is 9.07. The highest BCUT2D eigenvalue weighted by atomic mass is 16.5. The minimum atomic E-state index is -0.163. The lowest BCUT2D eigenvalue weighted by molar-refractivity contribution is -0.611. The maximum Gasteiger partial charge on any atom is 0.269 e. The van der Waals surface area contributed by atoms with E-state index in [2.05, 4.69) is 200 Å². The van der Waals surface area contributed by atoms with Crippen LogP contribution in [0.1, 0.15) is 106 Å². The predicted molar refractivity (Wildman–Crippen MR) is 220 cm³/mol. The molecule has 0 aliphatic carbocycles. The topological polar surface area (TPSA) is 35.9 Å². The molecule has 0 saturated heterocycles. The Morgan fingerprint density at radius 3 is 1.89 bits per heavy atom. The lowest BCUT2D eigenvalue weighted by atomic mass is 9.81. The standard InChI is InChI=1S/C48H54N4O/c1-45(2,3)32-20-22-34(23-21-32)50-31-51(44(48(10,11)12)43(50)47(7,8)9)35-16-15-17-36(29-35)53-37-24-25-39-38-18-13-14-19-40(38)52(41(39)30-37)42-28-33(26-27-49-42)46(4,5)6/h13-30H,1-12H3. The molecule has 0 atom stereocenters. The molecule has 0 spiro atoms. The molecule has 5 nitrogen and oxygen atoms in total. The van der Waals surface area contributed by atoms with Gasteiger partial charge in [-0.25, -0.2) is 4.98 Å². The lowest BCUT2D eigenvalue weighted by Gasteiger charge is -2.30. The molecule has 5 heteroatoms. The van der Waals surface area contributed by atoms with Crippen LogP contribution < -0.4 is 9.30 Å². The van der Waals surface area contributed by atoms with Gasteiger partial charge in [-0.2, -0.15) is 0 Å². The van der Waals surface area contributed by atoms with Crippen LogP contribution in [-0.4, -0.2) is 14.1 Å². The molecule has 0 amide bonds. The van der Waals surface area contributed by atoms with Crippen molar-refractivity contribution < 1.29 is 9.30 Å². The Labute approximate surface area is 315 Å². The minimum Gasteiger partial charge on any atom is -0.458 e. The average Bonchev–Trinajstić information content (AvgIpc) is 3.66. The fourth-order valence-corrected chi connectivity index (χ4v) is 7.37. The van der Waals surface area contributed by atoms with Crippen LogP contribution >= 0.6 is 0 Å². The van der Waals surface area contributed by atoms with Crippen molar-refractivity contribution in [3.05, 3.63) is 138 Å². The van der Waals surface area contributed by atoms with Crippen molar-refractivity contribution in [2.24, 2.45) is 0 Å². The molecule has 4 aromatic carbocycles. The third-order valence-electron chi connectivity index (χ3n) is 10.1. The molecule has 0 bridgehead atoms. The van der Waals surface area contributed by atoms with Crippen LogP contribution in [0, 0.1) is 6.33 Å². The third kappa shape index (κ3) is 6.90. The molecule has 0 aliphatic heterocycles. The summed E-state index contributed by atoms with van der Waals surface area (Å²) in [7, 11) is 0. The fourth-order valence-electron chi connectivity index (χ4n) is 7.37. The second kappa shape index (κ2) is 12.8. The third-order valence-corrected chi connectivity index (χ3v) is 10.1. The quantitative estimate of drug-likeness (QED) is 0.132. The maximum absolute atomic E-state index is 6.71. The Morgan fingerprint density at radius 1 is 0.566 bits per heavy atom. The van der Waals surface area contributed by atoms with Gasteiger partial charge in [-0.05, 0) is 93.5 Å². The van der Waals surface area contributed by atoms with Crippen LogP contribution in [0.4, 0.5) is 0 Å². The summed E-state index contributed by atoms with van der Waals surface area (Å²) in [6.45, 7) is 27.2. The second-order valence-corrected chi connectivity index (χ2v) is 18.5. The molecule has 7 aromatic rings. The Balaban J connectivity index is 1.33. The van der Waals surface area contributed by atoms with E-state index in [1.807, 2.05) is 12.3 Å². The lowest BCUT2D eigenvalue weighted by Crippen LogP contribution is -2.40. The van der Waals surface area contributed by atoms with Gasteiger partial charge in [0.1, 0.15) is 17.3 Å². The zero-order valence-electron chi connectivity index (χ0n) is 33.6. The van der Waals surface area contributed by atoms with Crippen molar-refractivity contribution >= 4 is 21.8 Å². The van der Waals surface area contributed by atoms with E-state index in [9.17, 15) is 0 Å². The van der Waals surface area contributed by atoms with Crippen LogP contribution in [-0.2, 0) is 21.7 Å². The summed E-state index contributed by atoms with van der Waals surface area (Å²) in [4.78, 5) is 4.86. The van der Waals surface area contributed by atoms with Gasteiger partial charge in [0.05, 0.1) is 33.8 Å². The van der Waals surface area contributed by atoms with E-state index in [0.29, 0.717) is 0 Å². The molecule has 53 heavy (non-hydrogen) atoms. The highest BCUT2D eigenvalue weighted by Crippen LogP contribution is 2.38. The molecular weight excluding hydrogens is 649 g/mol. The van der Waals surface area contributed by atoms with Gasteiger partial charge in [0.15, 0.2) is 0 Å². The average molecular weight is 703 g/mol. The summed E-state index contributed by atoms with van der Waals surface area (Å²) in [6.07, 6.45) is 5.71. The highest BCUT2D eigenvalue weighted by Gasteiger charge is 2.34. The van der Waals surface area contributed by atoms with E-state index in [1.165, 1.54) is 27.9 Å². The van der Waals surface area contributed by atoms with Crippen molar-refractivity contribution in [2.45, 2.75) is 105 Å². The van der Waals surface area contributed by atoms with Crippen LogP contribution in [0.2, 0.25) is 0 Å². The number of fused-ring (bicyclic) bond motifs is 3. The van der Waals surface area contributed by atoms with E-state index in [0.717, 1.165) is 45.1 Å². The Morgan fingerprint density at radius 2 is 1.23 bits per heavy atom. The largest absolute Gasteiger partial charge is 0.458 e. The molecule has 0 fully saturated rings. The Kier molecular flexibility index (Phi) is 8.71. The first kappa shape index (κ1) is 36.2. The molecule has 3 aromatic heterocycles. The number of hydrogen-bond acceptors (Lipinski definition) is 2. The van der Waals surface area contributed by atoms with Gasteiger partial charge in [-0.15, -0.1) is 0 Å². The van der Waals surface area contributed by atoms with E-state index in [4.69, 9.17) is 9.72 Å². The second-order valence-electron chi connectivity index (χ2n) is 18.5. The van der Waals surface area contributed by atoms with Crippen molar-refractivity contribution in [1.82, 2.24) is 14.1 Å². The molecule has 0 N–H and O–H groups in total. The highest BCUT2D eigenvalue weighted by molar-refractivity contribution is 6.09. The SMILES string of the molecule is CC(C)(C)c1ccc(-[n+]2[c-]n(-c3cccc(Oc4ccc5c6ccccc6n(-c6cc(C(C)(C)C)ccn6)c5c4)c3)c(C(C)(C)C)c2C(C)(C)C)cc1. The maximum atomic E-state index is 6.71. The van der Waals surface area contributed by atoms with Gasteiger partial charge >= 0.3 is 0 Å². The van der Waals surface area contributed by atoms with Gasteiger partial charge in [0, 0.05) is 23.0 Å². The number of hydrogen-bond donors (Lipinski definition) is 0. The van der Waals surface area contributed by atoms with E-state index < -0.39 is 0 Å². The predicted octanol–water partition coefficient (Wildman–Crippen LogP) is 12.0. The molecule has 0 unspecified atom stereocenters. The first-order valence-electron chi connectivity index (χ1n) is 18.8. The first-order valence-corrected chi connectivity index (χ1v) is 18.8. The number of rotatable bonds is 5. The summed E-state index contributed by atoms with van der Waals surface area (Å²) >= 11 is 0. The number of benzene rings is 4. The van der Waals surface area contributed by atoms with Crippen LogP contribution in [0.25, 0.3) is 39.0 Å². The van der Waals surface area contributed by atoms with Crippen molar-refractivity contribution in [1.29, 1.82) is 0 Å². The first-order chi connectivity index (χ1) is 24.8. The van der Waals surface area contributed by atoms with Crippen LogP contribution in [0.15, 0.2) is 109 Å². The Bertz CT molecular complexity index is 2450. The normalized spacial score (nSPS) is 12.9. The zero-order valence-corrected chi connectivity index (χ0v) is 33.6. The monoisotopic (exact) mass is 702 g/mol. The Hall–Kier alpha value is -5.16. The molecule has 7 rings (SSSR count). The minimum absolute atomic E-state index is 0.00351. The fraction of sp³-hybridized carbons (Fsp3) is 0.333. The number of imidazole rings is 1. The number of para-hydroxylation sites is 1. The van der Waals surface area contributed by atoms with Crippen molar-refractivity contribution in [3.63, 3.8) is 0 Å². The molecule has 0 radical (unpaired) electrons. The van der Waals surface area contributed by atoms with Crippen LogP contribution in [0.3, 0.4) is 0 Å². The van der Waals surface area contributed by atoms with Gasteiger partial charge in [-0.3, -0.25) is 13.7 Å². The number of aromatic nitrogens is 4.